The van der Waals surface area contributed by atoms with Gasteiger partial charge in [-0.1, -0.05) is 0 Å². The highest BCUT2D eigenvalue weighted by atomic mass is 16.6. The SMILES string of the molecule is COC1COC2(CCN(Cc3ccc(C)o3)C2)C1. The van der Waals surface area contributed by atoms with Crippen molar-refractivity contribution in [3.8, 4) is 0 Å². The fraction of sp³-hybridized carbons (Fsp3) is 0.714. The number of rotatable bonds is 3. The predicted molar refractivity (Wildman–Crippen MR) is 67.4 cm³/mol. The molecule has 3 rings (SSSR count). The lowest BCUT2D eigenvalue weighted by Crippen LogP contribution is -2.32. The smallest absolute Gasteiger partial charge is 0.118 e. The molecule has 2 aliphatic heterocycles. The Kier molecular flexibility index (Phi) is 3.18. The minimum absolute atomic E-state index is 0.0301. The molecule has 1 aromatic rings. The number of hydrogen-bond donors (Lipinski definition) is 0. The number of hydrogen-bond acceptors (Lipinski definition) is 4. The number of likely N-dealkylation sites (tertiary alicyclic amines) is 1. The van der Waals surface area contributed by atoms with E-state index in [1.807, 2.05) is 13.0 Å². The summed E-state index contributed by atoms with van der Waals surface area (Å²) in [6.07, 6.45) is 2.40. The van der Waals surface area contributed by atoms with Gasteiger partial charge in [-0.3, -0.25) is 4.90 Å². The standard InChI is InChI=1S/C14H21NO3/c1-11-3-4-12(18-11)8-15-6-5-14(10-15)7-13(16-2)9-17-14/h3-4,13H,5-10H2,1-2H3. The van der Waals surface area contributed by atoms with Crippen molar-refractivity contribution >= 4 is 0 Å². The summed E-state index contributed by atoms with van der Waals surface area (Å²) in [5.74, 6) is 2.03. The van der Waals surface area contributed by atoms with Crippen LogP contribution in [0.1, 0.15) is 24.4 Å². The zero-order valence-electron chi connectivity index (χ0n) is 11.1. The minimum atomic E-state index is 0.0301. The summed E-state index contributed by atoms with van der Waals surface area (Å²) in [6.45, 7) is 5.68. The first-order valence-electron chi connectivity index (χ1n) is 6.64. The van der Waals surface area contributed by atoms with Crippen molar-refractivity contribution in [1.29, 1.82) is 0 Å². The van der Waals surface area contributed by atoms with Crippen LogP contribution in [0.4, 0.5) is 0 Å². The average Bonchev–Trinajstić information content (AvgIpc) is 3.04. The van der Waals surface area contributed by atoms with Crippen LogP contribution in [0.15, 0.2) is 16.5 Å². The molecule has 4 nitrogen and oxygen atoms in total. The Balaban J connectivity index is 1.59. The Labute approximate surface area is 108 Å². The molecule has 0 aromatic carbocycles. The van der Waals surface area contributed by atoms with Gasteiger partial charge >= 0.3 is 0 Å². The molecule has 3 heterocycles. The molecule has 1 aromatic heterocycles. The zero-order chi connectivity index (χ0) is 12.6. The third-order valence-electron chi connectivity index (χ3n) is 4.08. The van der Waals surface area contributed by atoms with Crippen LogP contribution in [0.3, 0.4) is 0 Å². The van der Waals surface area contributed by atoms with Gasteiger partial charge in [0.15, 0.2) is 0 Å². The maximum absolute atomic E-state index is 5.98. The molecule has 4 heteroatoms. The van der Waals surface area contributed by atoms with Gasteiger partial charge in [0, 0.05) is 26.6 Å². The molecular formula is C14H21NO3. The van der Waals surface area contributed by atoms with Crippen LogP contribution in [0, 0.1) is 6.92 Å². The molecule has 0 amide bonds. The van der Waals surface area contributed by atoms with E-state index >= 15 is 0 Å². The van der Waals surface area contributed by atoms with Crippen molar-refractivity contribution < 1.29 is 13.9 Å². The summed E-state index contributed by atoms with van der Waals surface area (Å²) in [7, 11) is 1.77. The van der Waals surface area contributed by atoms with Crippen molar-refractivity contribution in [3.63, 3.8) is 0 Å². The fourth-order valence-electron chi connectivity index (χ4n) is 3.09. The Hall–Kier alpha value is -0.840. The van der Waals surface area contributed by atoms with E-state index in [4.69, 9.17) is 13.9 Å². The molecule has 2 saturated heterocycles. The fourth-order valence-corrected chi connectivity index (χ4v) is 3.09. The molecule has 2 fully saturated rings. The number of ether oxygens (including phenoxy) is 2. The van der Waals surface area contributed by atoms with Gasteiger partial charge < -0.3 is 13.9 Å². The molecule has 1 spiro atoms. The van der Waals surface area contributed by atoms with E-state index in [2.05, 4.69) is 11.0 Å². The number of aryl methyl sites for hydroxylation is 1. The topological polar surface area (TPSA) is 34.8 Å². The first kappa shape index (κ1) is 12.2. The third kappa shape index (κ3) is 2.32. The molecule has 0 aliphatic carbocycles. The second-order valence-corrected chi connectivity index (χ2v) is 5.53. The molecule has 0 N–H and O–H groups in total. The van der Waals surface area contributed by atoms with Gasteiger partial charge in [0.05, 0.1) is 24.9 Å². The van der Waals surface area contributed by atoms with Crippen molar-refractivity contribution in [2.75, 3.05) is 26.8 Å². The summed E-state index contributed by atoms with van der Waals surface area (Å²) < 4.78 is 17.0. The third-order valence-corrected chi connectivity index (χ3v) is 4.08. The normalized spacial score (nSPS) is 32.7. The lowest BCUT2D eigenvalue weighted by atomic mass is 9.98. The summed E-state index contributed by atoms with van der Waals surface area (Å²) in [4.78, 5) is 2.41. The summed E-state index contributed by atoms with van der Waals surface area (Å²) in [5, 5.41) is 0. The quantitative estimate of drug-likeness (QED) is 0.822. The van der Waals surface area contributed by atoms with Gasteiger partial charge in [0.2, 0.25) is 0 Å². The highest BCUT2D eigenvalue weighted by Crippen LogP contribution is 2.36. The monoisotopic (exact) mass is 251 g/mol. The molecule has 18 heavy (non-hydrogen) atoms. The van der Waals surface area contributed by atoms with Crippen molar-refractivity contribution in [2.45, 2.75) is 38.0 Å². The van der Waals surface area contributed by atoms with Crippen LogP contribution < -0.4 is 0 Å². The van der Waals surface area contributed by atoms with Crippen LogP contribution in [0.25, 0.3) is 0 Å². The average molecular weight is 251 g/mol. The highest BCUT2D eigenvalue weighted by molar-refractivity contribution is 5.07. The van der Waals surface area contributed by atoms with Crippen LogP contribution in [-0.2, 0) is 16.0 Å². The summed E-state index contributed by atoms with van der Waals surface area (Å²) >= 11 is 0. The summed E-state index contributed by atoms with van der Waals surface area (Å²) in [6, 6.07) is 4.09. The van der Waals surface area contributed by atoms with Gasteiger partial charge in [-0.15, -0.1) is 0 Å². The largest absolute Gasteiger partial charge is 0.465 e. The molecule has 2 unspecified atom stereocenters. The van der Waals surface area contributed by atoms with Gasteiger partial charge in [-0.2, -0.15) is 0 Å². The van der Waals surface area contributed by atoms with Gasteiger partial charge in [0.1, 0.15) is 11.5 Å². The van der Waals surface area contributed by atoms with Crippen LogP contribution in [-0.4, -0.2) is 43.4 Å². The maximum Gasteiger partial charge on any atom is 0.118 e. The van der Waals surface area contributed by atoms with E-state index in [1.165, 1.54) is 0 Å². The van der Waals surface area contributed by atoms with Crippen molar-refractivity contribution in [3.05, 3.63) is 23.7 Å². The predicted octanol–water partition coefficient (Wildman–Crippen LogP) is 1.97. The molecular weight excluding hydrogens is 230 g/mol. The Morgan fingerprint density at radius 3 is 3.06 bits per heavy atom. The minimum Gasteiger partial charge on any atom is -0.465 e. The van der Waals surface area contributed by atoms with E-state index in [9.17, 15) is 0 Å². The van der Waals surface area contributed by atoms with Crippen molar-refractivity contribution in [2.24, 2.45) is 0 Å². The molecule has 2 aliphatic rings. The Bertz CT molecular complexity index is 417. The van der Waals surface area contributed by atoms with Gasteiger partial charge in [-0.25, -0.2) is 0 Å². The molecule has 0 saturated carbocycles. The number of nitrogens with zero attached hydrogens (tertiary/aromatic N) is 1. The Morgan fingerprint density at radius 1 is 1.50 bits per heavy atom. The highest BCUT2D eigenvalue weighted by Gasteiger charge is 2.45. The second kappa shape index (κ2) is 4.68. The Morgan fingerprint density at radius 2 is 2.39 bits per heavy atom. The van der Waals surface area contributed by atoms with Crippen LogP contribution >= 0.6 is 0 Å². The van der Waals surface area contributed by atoms with E-state index < -0.39 is 0 Å². The summed E-state index contributed by atoms with van der Waals surface area (Å²) in [5.41, 5.74) is 0.0301. The number of furan rings is 1. The maximum atomic E-state index is 5.98. The zero-order valence-corrected chi connectivity index (χ0v) is 11.1. The molecule has 0 bridgehead atoms. The van der Waals surface area contributed by atoms with Gasteiger partial charge in [-0.05, 0) is 25.5 Å². The van der Waals surface area contributed by atoms with Crippen LogP contribution in [0.5, 0.6) is 0 Å². The van der Waals surface area contributed by atoms with E-state index in [1.54, 1.807) is 7.11 Å². The number of methoxy groups -OCH3 is 1. The second-order valence-electron chi connectivity index (χ2n) is 5.53. The lowest BCUT2D eigenvalue weighted by molar-refractivity contribution is 0.00598. The van der Waals surface area contributed by atoms with Gasteiger partial charge in [0.25, 0.3) is 0 Å². The molecule has 2 atom stereocenters. The molecule has 100 valence electrons. The molecule has 0 radical (unpaired) electrons. The van der Waals surface area contributed by atoms with Crippen LogP contribution in [0.2, 0.25) is 0 Å². The lowest BCUT2D eigenvalue weighted by Gasteiger charge is -2.22. The van der Waals surface area contributed by atoms with E-state index in [-0.39, 0.29) is 11.7 Å². The first-order chi connectivity index (χ1) is 8.69. The van der Waals surface area contributed by atoms with Crippen molar-refractivity contribution in [1.82, 2.24) is 4.90 Å². The first-order valence-corrected chi connectivity index (χ1v) is 6.64. The van der Waals surface area contributed by atoms with E-state index in [0.29, 0.717) is 0 Å². The van der Waals surface area contributed by atoms with E-state index in [0.717, 1.165) is 50.6 Å².